The number of allylic oxidation sites excluding steroid dienone is 6. The van der Waals surface area contributed by atoms with Gasteiger partial charge in [-0.1, -0.05) is 43.5 Å². The Balaban J connectivity index is 0. The molecule has 0 saturated carbocycles. The number of aliphatic hydroxyl groups is 2. The lowest BCUT2D eigenvalue weighted by Gasteiger charge is -2.42. The molecule has 1 aliphatic rings. The van der Waals surface area contributed by atoms with E-state index in [1.807, 2.05) is 42.4 Å². The van der Waals surface area contributed by atoms with Gasteiger partial charge in [0.15, 0.2) is 5.60 Å². The zero-order valence-corrected chi connectivity index (χ0v) is 20.8. The molecule has 1 aliphatic heterocycles. The first-order chi connectivity index (χ1) is 16.4. The van der Waals surface area contributed by atoms with Crippen molar-refractivity contribution in [2.75, 3.05) is 33.4 Å². The fourth-order valence-electron chi connectivity index (χ4n) is 3.57. The van der Waals surface area contributed by atoms with E-state index in [0.29, 0.717) is 37.4 Å². The Morgan fingerprint density at radius 1 is 1.18 bits per heavy atom. The van der Waals surface area contributed by atoms with Crippen LogP contribution in [0.2, 0.25) is 0 Å². The Morgan fingerprint density at radius 2 is 1.76 bits per heavy atom. The summed E-state index contributed by atoms with van der Waals surface area (Å²) in [5.41, 5.74) is 0.167. The van der Waals surface area contributed by atoms with Crippen molar-refractivity contribution in [1.29, 1.82) is 0 Å². The number of ether oxygens (including phenoxy) is 1. The van der Waals surface area contributed by atoms with E-state index in [9.17, 15) is 10.3 Å². The Bertz CT molecular complexity index is 813. The van der Waals surface area contributed by atoms with Crippen molar-refractivity contribution in [3.63, 3.8) is 0 Å². The standard InChI is InChI=1S/C22H31N3O4.C3H4.CH4O/c1-5-7-10-18(3)21(25-13-15-29-16-14-25)22(26,19(4)11-8-12-23-27)20(9-6-2)17-24-28;1-3-2;1-2/h5-12,17,21,26-28H,2,4,13-16H2,1,3H3;1H,2H3;2H,1H3/p+3/b7-5-,11-8-,18-10+,20-9+,23-12+,24-17+;;. The van der Waals surface area contributed by atoms with Gasteiger partial charge in [-0.2, -0.15) is 0 Å². The van der Waals surface area contributed by atoms with Crippen LogP contribution < -0.4 is 15.2 Å². The van der Waals surface area contributed by atoms with Crippen molar-refractivity contribution in [3.8, 4) is 12.3 Å². The van der Waals surface area contributed by atoms with E-state index < -0.39 is 11.6 Å². The molecule has 8 heteroatoms. The van der Waals surface area contributed by atoms with Crippen molar-refractivity contribution in [2.45, 2.75) is 32.4 Å². The second-order valence-electron chi connectivity index (χ2n) is 7.01. The molecule has 1 fully saturated rings. The molecule has 8 nitrogen and oxygen atoms in total. The van der Waals surface area contributed by atoms with Crippen LogP contribution in [0, 0.1) is 12.3 Å². The van der Waals surface area contributed by atoms with E-state index in [1.54, 1.807) is 31.2 Å². The van der Waals surface area contributed by atoms with E-state index >= 15 is 0 Å². The van der Waals surface area contributed by atoms with Crippen LogP contribution >= 0.6 is 0 Å². The molecule has 2 atom stereocenters. The average molecular weight is 477 g/mol. The Kier molecular flexibility index (Phi) is 19.8. The minimum atomic E-state index is -1.57. The average Bonchev–Trinajstić information content (AvgIpc) is 2.85. The van der Waals surface area contributed by atoms with Crippen LogP contribution in [0.3, 0.4) is 0 Å². The first-order valence-corrected chi connectivity index (χ1v) is 10.8. The quantitative estimate of drug-likeness (QED) is 0.0652. The third kappa shape index (κ3) is 10.6. The summed E-state index contributed by atoms with van der Waals surface area (Å²) in [4.78, 5) is 1.14. The molecule has 34 heavy (non-hydrogen) atoms. The van der Waals surface area contributed by atoms with Crippen LogP contribution in [0.1, 0.15) is 20.8 Å². The van der Waals surface area contributed by atoms with Gasteiger partial charge in [0, 0.05) is 13.2 Å². The van der Waals surface area contributed by atoms with Crippen LogP contribution in [-0.2, 0) is 4.74 Å². The minimum Gasteiger partial charge on any atom is -0.400 e. The van der Waals surface area contributed by atoms with Gasteiger partial charge in [0.1, 0.15) is 19.1 Å². The maximum atomic E-state index is 12.1. The van der Waals surface area contributed by atoms with Crippen molar-refractivity contribution in [2.24, 2.45) is 0 Å². The molecule has 0 spiro atoms. The number of aliphatic hydroxyl groups excluding tert-OH is 1. The summed E-state index contributed by atoms with van der Waals surface area (Å²) >= 11 is 0. The predicted octanol–water partition coefficient (Wildman–Crippen LogP) is -1.92. The molecular formula is C26H42N3O5+3. The second kappa shape index (κ2) is 20.4. The summed E-state index contributed by atoms with van der Waals surface area (Å²) in [6, 6.07) is -0.405. The molecule has 2 unspecified atom stereocenters. The molecule has 0 aliphatic carbocycles. The summed E-state index contributed by atoms with van der Waals surface area (Å²) in [6.07, 6.45) is 19.4. The highest BCUT2D eigenvalue weighted by Gasteiger charge is 2.49. The van der Waals surface area contributed by atoms with Gasteiger partial charge in [-0.25, -0.2) is 0 Å². The molecule has 0 amide bonds. The minimum absolute atomic E-state index is 0.390. The molecule has 1 heterocycles. The van der Waals surface area contributed by atoms with Gasteiger partial charge in [-0.3, -0.25) is 10.4 Å². The Morgan fingerprint density at radius 3 is 2.24 bits per heavy atom. The molecule has 1 saturated heterocycles. The number of hydrogen-bond donors (Lipinski definition) is 7. The molecule has 7 N–H and O–H groups in total. The van der Waals surface area contributed by atoms with Gasteiger partial charge in [0.25, 0.3) is 0 Å². The number of rotatable bonds is 10. The van der Waals surface area contributed by atoms with Gasteiger partial charge < -0.3 is 19.8 Å². The summed E-state index contributed by atoms with van der Waals surface area (Å²) in [5, 5.41) is 41.2. The molecule has 1 rings (SSSR count). The highest BCUT2D eigenvalue weighted by molar-refractivity contribution is 5.80. The van der Waals surface area contributed by atoms with Crippen LogP contribution in [-0.4, -0.2) is 78.1 Å². The van der Waals surface area contributed by atoms with Crippen molar-refractivity contribution < 1.29 is 40.6 Å². The molecular weight excluding hydrogens is 434 g/mol. The number of terminal acetylenes is 1. The maximum Gasteiger partial charge on any atom is 0.219 e. The Hall–Kier alpha value is -3.22. The summed E-state index contributed by atoms with van der Waals surface area (Å²) in [5.74, 6) is 2.25. The third-order valence-corrected chi connectivity index (χ3v) is 4.88. The highest BCUT2D eigenvalue weighted by Crippen LogP contribution is 2.31. The fourth-order valence-corrected chi connectivity index (χ4v) is 3.57. The lowest BCUT2D eigenvalue weighted by Crippen LogP contribution is -3.20. The van der Waals surface area contributed by atoms with Crippen LogP contribution in [0.4, 0.5) is 0 Å². The third-order valence-electron chi connectivity index (χ3n) is 4.88. The maximum absolute atomic E-state index is 12.1. The summed E-state index contributed by atoms with van der Waals surface area (Å²) < 4.78 is 5.51. The molecule has 0 radical (unpaired) electrons. The fraction of sp³-hybridized carbons (Fsp3) is 0.385. The number of nitrogens with one attached hydrogen (secondary N) is 3. The summed E-state index contributed by atoms with van der Waals surface area (Å²) in [6.45, 7) is 16.0. The van der Waals surface area contributed by atoms with Gasteiger partial charge in [-0.15, -0.1) is 12.3 Å². The SMILES string of the molecule is C#CC.C=C/C=C(\C=[NH+]\O)C(O)(C(=C)/C=C\C=[NH+]\O)C(/C(C)=C/C=C\C)[NH+]1CCOCC1.CO. The topological polar surface area (TPSA) is 123 Å². The zero-order valence-electron chi connectivity index (χ0n) is 20.8. The first kappa shape index (κ1) is 33.0. The van der Waals surface area contributed by atoms with E-state index in [4.69, 9.17) is 15.1 Å². The van der Waals surface area contributed by atoms with Crippen molar-refractivity contribution >= 4 is 12.4 Å². The number of morpholine rings is 1. The lowest BCUT2D eigenvalue weighted by atomic mass is 9.75. The van der Waals surface area contributed by atoms with Gasteiger partial charge >= 0.3 is 0 Å². The van der Waals surface area contributed by atoms with Crippen molar-refractivity contribution in [3.05, 3.63) is 72.4 Å². The number of quaternary nitrogens is 1. The predicted molar refractivity (Wildman–Crippen MR) is 136 cm³/mol. The largest absolute Gasteiger partial charge is 0.400 e. The van der Waals surface area contributed by atoms with Gasteiger partial charge in [0.05, 0.1) is 18.8 Å². The van der Waals surface area contributed by atoms with E-state index in [2.05, 4.69) is 25.5 Å². The van der Waals surface area contributed by atoms with Crippen LogP contribution in [0.25, 0.3) is 0 Å². The van der Waals surface area contributed by atoms with E-state index in [0.717, 1.165) is 17.6 Å². The highest BCUT2D eigenvalue weighted by atomic mass is 16.5. The number of hydrogen-bond acceptors (Lipinski definition) is 5. The van der Waals surface area contributed by atoms with E-state index in [1.165, 1.54) is 12.4 Å². The molecule has 188 valence electrons. The van der Waals surface area contributed by atoms with Gasteiger partial charge in [0.2, 0.25) is 12.4 Å². The monoisotopic (exact) mass is 476 g/mol. The van der Waals surface area contributed by atoms with Crippen LogP contribution in [0.15, 0.2) is 72.4 Å². The van der Waals surface area contributed by atoms with Crippen LogP contribution in [0.5, 0.6) is 0 Å². The second-order valence-corrected chi connectivity index (χ2v) is 7.01. The zero-order chi connectivity index (χ0) is 26.4. The van der Waals surface area contributed by atoms with E-state index in [-0.39, 0.29) is 0 Å². The smallest absolute Gasteiger partial charge is 0.219 e. The molecule has 0 aromatic rings. The molecule has 0 bridgehead atoms. The molecule has 0 aromatic heterocycles. The lowest BCUT2D eigenvalue weighted by molar-refractivity contribution is -0.932. The van der Waals surface area contributed by atoms with Crippen molar-refractivity contribution in [1.82, 2.24) is 0 Å². The van der Waals surface area contributed by atoms with Gasteiger partial charge in [-0.05, 0) is 48.3 Å². The summed E-state index contributed by atoms with van der Waals surface area (Å²) in [7, 11) is 1.00. The first-order valence-electron chi connectivity index (χ1n) is 10.8. The Labute approximate surface area is 203 Å². The normalized spacial score (nSPS) is 18.0. The molecule has 0 aromatic carbocycles.